The Hall–Kier alpha value is -1.10. The van der Waals surface area contributed by atoms with Crippen LogP contribution in [0.4, 0.5) is 0 Å². The molecule has 2 aliphatic rings. The van der Waals surface area contributed by atoms with Crippen LogP contribution in [0, 0.1) is 11.8 Å². The van der Waals surface area contributed by atoms with Gasteiger partial charge >= 0.3 is 5.97 Å². The fourth-order valence-electron chi connectivity index (χ4n) is 2.33. The molecule has 5 heteroatoms. The molecule has 0 aromatic rings. The number of carbonyl (C=O) groups is 2. The van der Waals surface area contributed by atoms with Gasteiger partial charge in [0.1, 0.15) is 6.61 Å². The minimum atomic E-state index is -0.935. The average molecular weight is 241 g/mol. The molecule has 17 heavy (non-hydrogen) atoms. The van der Waals surface area contributed by atoms with Crippen LogP contribution in [0.5, 0.6) is 0 Å². The second-order valence-corrected chi connectivity index (χ2v) is 5.05. The van der Waals surface area contributed by atoms with Crippen LogP contribution in [0.25, 0.3) is 0 Å². The van der Waals surface area contributed by atoms with Gasteiger partial charge in [-0.05, 0) is 25.2 Å². The fourth-order valence-corrected chi connectivity index (χ4v) is 2.33. The number of aliphatic carboxylic acids is 1. The molecule has 0 spiro atoms. The third kappa shape index (κ3) is 3.19. The molecule has 2 atom stereocenters. The summed E-state index contributed by atoms with van der Waals surface area (Å²) in [7, 11) is 0. The maximum Gasteiger partial charge on any atom is 0.329 e. The molecule has 2 unspecified atom stereocenters. The van der Waals surface area contributed by atoms with Crippen molar-refractivity contribution in [3.8, 4) is 0 Å². The number of carbonyl (C=O) groups excluding carboxylic acids is 1. The number of likely N-dealkylation sites (tertiary alicyclic amines) is 1. The molecule has 1 aliphatic heterocycles. The van der Waals surface area contributed by atoms with E-state index in [1.165, 1.54) is 0 Å². The van der Waals surface area contributed by atoms with Crippen molar-refractivity contribution in [3.63, 3.8) is 0 Å². The SMILES string of the molecule is CC1CC1C(=O)N1CCC(OCC(=O)O)CC1. The summed E-state index contributed by atoms with van der Waals surface area (Å²) in [5.74, 6) is 0.125. The molecule has 1 saturated heterocycles. The van der Waals surface area contributed by atoms with Crippen LogP contribution in [0.1, 0.15) is 26.2 Å². The number of hydrogen-bond acceptors (Lipinski definition) is 3. The second kappa shape index (κ2) is 5.04. The molecule has 1 saturated carbocycles. The summed E-state index contributed by atoms with van der Waals surface area (Å²) in [5, 5.41) is 8.51. The maximum atomic E-state index is 11.9. The lowest BCUT2D eigenvalue weighted by molar-refractivity contribution is -0.147. The zero-order chi connectivity index (χ0) is 12.4. The quantitative estimate of drug-likeness (QED) is 0.788. The van der Waals surface area contributed by atoms with Crippen molar-refractivity contribution in [3.05, 3.63) is 0 Å². The molecule has 5 nitrogen and oxygen atoms in total. The Bertz CT molecular complexity index is 310. The monoisotopic (exact) mass is 241 g/mol. The van der Waals surface area contributed by atoms with Crippen LogP contribution in [0.3, 0.4) is 0 Å². The fraction of sp³-hybridized carbons (Fsp3) is 0.833. The Balaban J connectivity index is 1.70. The Kier molecular flexibility index (Phi) is 3.66. The third-order valence-corrected chi connectivity index (χ3v) is 3.62. The number of carboxylic acid groups (broad SMARTS) is 1. The van der Waals surface area contributed by atoms with E-state index in [0.29, 0.717) is 19.0 Å². The smallest absolute Gasteiger partial charge is 0.329 e. The van der Waals surface area contributed by atoms with Crippen LogP contribution >= 0.6 is 0 Å². The van der Waals surface area contributed by atoms with Crippen LogP contribution in [-0.2, 0) is 14.3 Å². The van der Waals surface area contributed by atoms with Gasteiger partial charge in [0.15, 0.2) is 0 Å². The highest BCUT2D eigenvalue weighted by atomic mass is 16.5. The molecule has 1 amide bonds. The first-order valence-corrected chi connectivity index (χ1v) is 6.20. The van der Waals surface area contributed by atoms with Crippen molar-refractivity contribution >= 4 is 11.9 Å². The number of nitrogens with zero attached hydrogens (tertiary/aromatic N) is 1. The van der Waals surface area contributed by atoms with Crippen molar-refractivity contribution in [1.82, 2.24) is 4.90 Å². The summed E-state index contributed by atoms with van der Waals surface area (Å²) in [5.41, 5.74) is 0. The third-order valence-electron chi connectivity index (χ3n) is 3.62. The molecule has 0 aromatic carbocycles. The van der Waals surface area contributed by atoms with E-state index in [1.807, 2.05) is 4.90 Å². The van der Waals surface area contributed by atoms with E-state index >= 15 is 0 Å². The first-order chi connectivity index (χ1) is 8.08. The molecule has 0 radical (unpaired) electrons. The lowest BCUT2D eigenvalue weighted by Gasteiger charge is -2.31. The van der Waals surface area contributed by atoms with Crippen molar-refractivity contribution in [2.75, 3.05) is 19.7 Å². The lowest BCUT2D eigenvalue weighted by Crippen LogP contribution is -2.42. The van der Waals surface area contributed by atoms with Crippen LogP contribution < -0.4 is 0 Å². The van der Waals surface area contributed by atoms with E-state index in [1.54, 1.807) is 0 Å². The Morgan fingerprint density at radius 3 is 2.41 bits per heavy atom. The number of rotatable bonds is 4. The van der Waals surface area contributed by atoms with Gasteiger partial charge in [-0.2, -0.15) is 0 Å². The number of piperidine rings is 1. The molecule has 2 fully saturated rings. The number of amides is 1. The highest BCUT2D eigenvalue weighted by Gasteiger charge is 2.42. The number of ether oxygens (including phenoxy) is 1. The molecule has 0 bridgehead atoms. The highest BCUT2D eigenvalue weighted by molar-refractivity contribution is 5.81. The summed E-state index contributed by atoms with van der Waals surface area (Å²) in [6.45, 7) is 3.27. The normalized spacial score (nSPS) is 29.1. The number of hydrogen-bond donors (Lipinski definition) is 1. The zero-order valence-electron chi connectivity index (χ0n) is 10.1. The Morgan fingerprint density at radius 2 is 1.94 bits per heavy atom. The molecule has 96 valence electrons. The summed E-state index contributed by atoms with van der Waals surface area (Å²) in [6, 6.07) is 0. The first kappa shape index (κ1) is 12.4. The second-order valence-electron chi connectivity index (χ2n) is 5.05. The molecular weight excluding hydrogens is 222 g/mol. The Morgan fingerprint density at radius 1 is 1.35 bits per heavy atom. The molecule has 1 N–H and O–H groups in total. The standard InChI is InChI=1S/C12H19NO4/c1-8-6-10(8)12(16)13-4-2-9(3-5-13)17-7-11(14)15/h8-10H,2-7H2,1H3,(H,14,15). The van der Waals surface area contributed by atoms with Gasteiger partial charge < -0.3 is 14.7 Å². The highest BCUT2D eigenvalue weighted by Crippen LogP contribution is 2.39. The molecule has 1 aliphatic carbocycles. The minimum Gasteiger partial charge on any atom is -0.480 e. The van der Waals surface area contributed by atoms with E-state index in [4.69, 9.17) is 9.84 Å². The molecule has 0 aromatic heterocycles. The van der Waals surface area contributed by atoms with Gasteiger partial charge in [0, 0.05) is 19.0 Å². The van der Waals surface area contributed by atoms with Gasteiger partial charge in [0.2, 0.25) is 5.91 Å². The van der Waals surface area contributed by atoms with E-state index in [9.17, 15) is 9.59 Å². The summed E-state index contributed by atoms with van der Waals surface area (Å²) >= 11 is 0. The molecule has 2 rings (SSSR count). The van der Waals surface area contributed by atoms with E-state index in [0.717, 1.165) is 19.3 Å². The zero-order valence-corrected chi connectivity index (χ0v) is 10.1. The van der Waals surface area contributed by atoms with Crippen LogP contribution in [-0.4, -0.2) is 47.7 Å². The number of carboxylic acids is 1. The van der Waals surface area contributed by atoms with Gasteiger partial charge in [-0.15, -0.1) is 0 Å². The van der Waals surface area contributed by atoms with Crippen molar-refractivity contribution < 1.29 is 19.4 Å². The van der Waals surface area contributed by atoms with Gasteiger partial charge in [0.05, 0.1) is 6.10 Å². The Labute approximate surface area is 101 Å². The van der Waals surface area contributed by atoms with Gasteiger partial charge in [-0.1, -0.05) is 6.92 Å². The molecular formula is C12H19NO4. The minimum absolute atomic E-state index is 0.00761. The maximum absolute atomic E-state index is 11.9. The topological polar surface area (TPSA) is 66.8 Å². The lowest BCUT2D eigenvalue weighted by atomic mass is 10.1. The van der Waals surface area contributed by atoms with Crippen LogP contribution in [0.2, 0.25) is 0 Å². The van der Waals surface area contributed by atoms with E-state index < -0.39 is 5.97 Å². The molecule has 1 heterocycles. The van der Waals surface area contributed by atoms with Gasteiger partial charge in [0.25, 0.3) is 0 Å². The summed E-state index contributed by atoms with van der Waals surface area (Å²) in [4.78, 5) is 24.2. The van der Waals surface area contributed by atoms with Crippen molar-refractivity contribution in [1.29, 1.82) is 0 Å². The van der Waals surface area contributed by atoms with Crippen molar-refractivity contribution in [2.24, 2.45) is 11.8 Å². The van der Waals surface area contributed by atoms with Gasteiger partial charge in [-0.3, -0.25) is 4.79 Å². The predicted octanol–water partition coefficient (Wildman–Crippen LogP) is 0.735. The summed E-state index contributed by atoms with van der Waals surface area (Å²) in [6.07, 6.45) is 2.51. The van der Waals surface area contributed by atoms with Crippen LogP contribution in [0.15, 0.2) is 0 Å². The van der Waals surface area contributed by atoms with Crippen molar-refractivity contribution in [2.45, 2.75) is 32.3 Å². The van der Waals surface area contributed by atoms with E-state index in [2.05, 4.69) is 6.92 Å². The first-order valence-electron chi connectivity index (χ1n) is 6.20. The van der Waals surface area contributed by atoms with Gasteiger partial charge in [-0.25, -0.2) is 4.79 Å². The summed E-state index contributed by atoms with van der Waals surface area (Å²) < 4.78 is 5.23. The predicted molar refractivity (Wildman–Crippen MR) is 60.5 cm³/mol. The van der Waals surface area contributed by atoms with E-state index in [-0.39, 0.29) is 24.5 Å². The average Bonchev–Trinajstić information content (AvgIpc) is 3.03. The largest absolute Gasteiger partial charge is 0.480 e.